The molecular formula is C17H24O3S2. The lowest BCUT2D eigenvalue weighted by molar-refractivity contribution is -0.134. The van der Waals surface area contributed by atoms with E-state index in [1.165, 1.54) is 17.3 Å². The Morgan fingerprint density at radius 1 is 1.45 bits per heavy atom. The third-order valence-corrected chi connectivity index (χ3v) is 7.05. The lowest BCUT2D eigenvalue weighted by Gasteiger charge is -2.52. The molecule has 5 heteroatoms. The fraction of sp³-hybridized carbons (Fsp3) is 0.765. The molecule has 2 saturated carbocycles. The summed E-state index contributed by atoms with van der Waals surface area (Å²) in [6.45, 7) is 10.5. The van der Waals surface area contributed by atoms with Crippen LogP contribution < -0.4 is 0 Å². The molecule has 3 rings (SSSR count). The number of carbonyl (C=O) groups excluding carboxylic acids is 1. The monoisotopic (exact) mass is 340 g/mol. The minimum Gasteiger partial charge on any atom is -0.475 e. The quantitative estimate of drug-likeness (QED) is 0.435. The van der Waals surface area contributed by atoms with E-state index in [1.54, 1.807) is 0 Å². The Bertz CT molecular complexity index is 546. The summed E-state index contributed by atoms with van der Waals surface area (Å²) in [5, 5.41) is 0. The lowest BCUT2D eigenvalue weighted by Crippen LogP contribution is -2.56. The van der Waals surface area contributed by atoms with Crippen LogP contribution in [0.3, 0.4) is 0 Å². The number of hydrogen-bond acceptors (Lipinski definition) is 5. The van der Waals surface area contributed by atoms with Crippen LogP contribution in [0.25, 0.3) is 0 Å². The first kappa shape index (κ1) is 16.5. The Morgan fingerprint density at radius 2 is 2.14 bits per heavy atom. The Balaban J connectivity index is 1.94. The standard InChI is InChI=1S/C17H24O3S2/c1-9(2)10-6-12-16(3,13(7-10)19-15(21)22-5)8-11(18)14-17(12,4)20-14/h10,12-14H,1,6-8H2,2-5H3/t10-,12+,13+,14+,16-,17-/m1/s1. The molecule has 0 bridgehead atoms. The third kappa shape index (κ3) is 2.36. The summed E-state index contributed by atoms with van der Waals surface area (Å²) in [5.41, 5.74) is 0.661. The maximum atomic E-state index is 12.4. The van der Waals surface area contributed by atoms with E-state index in [2.05, 4.69) is 27.4 Å². The molecule has 0 spiro atoms. The highest BCUT2D eigenvalue weighted by molar-refractivity contribution is 8.22. The maximum absolute atomic E-state index is 12.4. The molecular weight excluding hydrogens is 316 g/mol. The van der Waals surface area contributed by atoms with Crippen molar-refractivity contribution in [2.24, 2.45) is 17.3 Å². The predicted molar refractivity (Wildman–Crippen MR) is 93.0 cm³/mol. The van der Waals surface area contributed by atoms with Gasteiger partial charge in [-0.05, 0) is 51.1 Å². The van der Waals surface area contributed by atoms with Crippen LogP contribution in [0.5, 0.6) is 0 Å². The third-order valence-electron chi connectivity index (χ3n) is 6.03. The van der Waals surface area contributed by atoms with Gasteiger partial charge in [-0.3, -0.25) is 4.79 Å². The van der Waals surface area contributed by atoms with E-state index in [9.17, 15) is 4.79 Å². The molecule has 0 N–H and O–H groups in total. The van der Waals surface area contributed by atoms with Gasteiger partial charge < -0.3 is 9.47 Å². The molecule has 0 aromatic carbocycles. The molecule has 3 aliphatic rings. The van der Waals surface area contributed by atoms with E-state index >= 15 is 0 Å². The Morgan fingerprint density at radius 3 is 2.73 bits per heavy atom. The van der Waals surface area contributed by atoms with Crippen molar-refractivity contribution >= 4 is 34.1 Å². The molecule has 1 heterocycles. The van der Waals surface area contributed by atoms with E-state index in [1.807, 2.05) is 6.26 Å². The first-order chi connectivity index (χ1) is 10.2. The lowest BCUT2D eigenvalue weighted by atomic mass is 9.53. The van der Waals surface area contributed by atoms with Crippen LogP contribution in [0.1, 0.15) is 40.0 Å². The number of thiocarbonyl (C=S) groups is 1. The second-order valence-corrected chi connectivity index (χ2v) is 8.87. The normalized spacial score (nSPS) is 46.5. The summed E-state index contributed by atoms with van der Waals surface area (Å²) in [4.78, 5) is 12.4. The number of allylic oxidation sites excluding steroid dienone is 1. The van der Waals surface area contributed by atoms with Gasteiger partial charge in [-0.25, -0.2) is 0 Å². The van der Waals surface area contributed by atoms with Gasteiger partial charge in [-0.1, -0.05) is 30.8 Å². The van der Waals surface area contributed by atoms with Crippen molar-refractivity contribution in [3.05, 3.63) is 12.2 Å². The number of carbonyl (C=O) groups is 1. The van der Waals surface area contributed by atoms with Crippen LogP contribution in [-0.2, 0) is 14.3 Å². The van der Waals surface area contributed by atoms with Crippen molar-refractivity contribution in [2.45, 2.75) is 57.8 Å². The van der Waals surface area contributed by atoms with Gasteiger partial charge in [-0.2, -0.15) is 0 Å². The van der Waals surface area contributed by atoms with Gasteiger partial charge in [-0.15, -0.1) is 0 Å². The van der Waals surface area contributed by atoms with Gasteiger partial charge in [0.2, 0.25) is 4.38 Å². The summed E-state index contributed by atoms with van der Waals surface area (Å²) in [7, 11) is 0. The van der Waals surface area contributed by atoms with Crippen LogP contribution in [-0.4, -0.2) is 34.2 Å². The van der Waals surface area contributed by atoms with E-state index in [0.717, 1.165) is 12.8 Å². The smallest absolute Gasteiger partial charge is 0.219 e. The molecule has 122 valence electrons. The average Bonchev–Trinajstić information content (AvgIpc) is 3.13. The molecule has 0 unspecified atom stereocenters. The Labute approximate surface area is 142 Å². The maximum Gasteiger partial charge on any atom is 0.219 e. The van der Waals surface area contributed by atoms with Gasteiger partial charge in [0.15, 0.2) is 5.78 Å². The zero-order valence-electron chi connectivity index (χ0n) is 13.7. The topological polar surface area (TPSA) is 38.8 Å². The van der Waals surface area contributed by atoms with Crippen LogP contribution >= 0.6 is 24.0 Å². The van der Waals surface area contributed by atoms with Gasteiger partial charge in [0, 0.05) is 17.8 Å². The average molecular weight is 341 g/mol. The van der Waals surface area contributed by atoms with Gasteiger partial charge in [0.1, 0.15) is 17.8 Å². The number of thioether (sulfide) groups is 1. The molecule has 0 amide bonds. The summed E-state index contributed by atoms with van der Waals surface area (Å²) < 4.78 is 12.5. The molecule has 3 nitrogen and oxygen atoms in total. The number of Topliss-reactive ketones (excluding diaryl/α,β-unsaturated/α-hetero) is 1. The second-order valence-electron chi connectivity index (χ2n) is 7.46. The van der Waals surface area contributed by atoms with Crippen molar-refractivity contribution < 1.29 is 14.3 Å². The molecule has 0 aromatic heterocycles. The van der Waals surface area contributed by atoms with E-state index in [0.29, 0.717) is 22.6 Å². The van der Waals surface area contributed by atoms with Crippen LogP contribution in [0.15, 0.2) is 12.2 Å². The molecule has 6 atom stereocenters. The fourth-order valence-electron chi connectivity index (χ4n) is 4.62. The van der Waals surface area contributed by atoms with Gasteiger partial charge >= 0.3 is 0 Å². The van der Waals surface area contributed by atoms with Crippen LogP contribution in [0.4, 0.5) is 0 Å². The van der Waals surface area contributed by atoms with E-state index in [4.69, 9.17) is 21.7 Å². The van der Waals surface area contributed by atoms with E-state index in [-0.39, 0.29) is 29.0 Å². The first-order valence-corrected chi connectivity index (χ1v) is 9.46. The SMILES string of the molecule is C=C(C)[C@H]1C[C@H](OC(=S)SC)[C@]2(C)CC(=O)[C@@H]3O[C@]3(C)[C@H]2C1. The van der Waals surface area contributed by atoms with Gasteiger partial charge in [0.05, 0.1) is 0 Å². The minimum atomic E-state index is -0.319. The molecule has 22 heavy (non-hydrogen) atoms. The Hall–Kier alpha value is -0.390. The molecule has 1 saturated heterocycles. The summed E-state index contributed by atoms with van der Waals surface area (Å²) in [6.07, 6.45) is 4.12. The molecule has 0 aromatic rings. The van der Waals surface area contributed by atoms with Crippen molar-refractivity contribution in [3.8, 4) is 0 Å². The van der Waals surface area contributed by atoms with Crippen LogP contribution in [0.2, 0.25) is 0 Å². The second kappa shape index (κ2) is 5.32. The number of hydrogen-bond donors (Lipinski definition) is 0. The molecule has 0 radical (unpaired) electrons. The number of fused-ring (bicyclic) bond motifs is 3. The fourth-order valence-corrected chi connectivity index (χ4v) is 4.94. The highest BCUT2D eigenvalue weighted by atomic mass is 32.2. The predicted octanol–water partition coefficient (Wildman–Crippen LogP) is 3.76. The molecule has 3 fully saturated rings. The number of epoxide rings is 1. The van der Waals surface area contributed by atoms with Crippen molar-refractivity contribution in [3.63, 3.8) is 0 Å². The minimum absolute atomic E-state index is 0.0428. The largest absolute Gasteiger partial charge is 0.475 e. The van der Waals surface area contributed by atoms with Crippen LogP contribution in [0, 0.1) is 17.3 Å². The number of ether oxygens (including phenoxy) is 2. The summed E-state index contributed by atoms with van der Waals surface area (Å²) in [6, 6.07) is 0. The number of ketones is 1. The first-order valence-electron chi connectivity index (χ1n) is 7.83. The van der Waals surface area contributed by atoms with Crippen molar-refractivity contribution in [1.82, 2.24) is 0 Å². The summed E-state index contributed by atoms with van der Waals surface area (Å²) >= 11 is 6.73. The van der Waals surface area contributed by atoms with Crippen molar-refractivity contribution in [2.75, 3.05) is 6.26 Å². The molecule has 2 aliphatic carbocycles. The zero-order valence-corrected chi connectivity index (χ0v) is 15.3. The van der Waals surface area contributed by atoms with E-state index < -0.39 is 0 Å². The number of rotatable bonds is 2. The Kier molecular flexibility index (Phi) is 3.98. The summed E-state index contributed by atoms with van der Waals surface area (Å²) in [5.74, 6) is 0.939. The zero-order chi connectivity index (χ0) is 16.3. The highest BCUT2D eigenvalue weighted by Gasteiger charge is 2.72. The van der Waals surface area contributed by atoms with Gasteiger partial charge in [0.25, 0.3) is 0 Å². The van der Waals surface area contributed by atoms with Crippen molar-refractivity contribution in [1.29, 1.82) is 0 Å². The highest BCUT2D eigenvalue weighted by Crippen LogP contribution is 2.63. The molecule has 1 aliphatic heterocycles.